The van der Waals surface area contributed by atoms with Gasteiger partial charge in [-0.1, -0.05) is 6.92 Å². The summed E-state index contributed by atoms with van der Waals surface area (Å²) in [6, 6.07) is -0.0681. The van der Waals surface area contributed by atoms with Crippen LogP contribution in [0.15, 0.2) is 0 Å². The third-order valence-corrected chi connectivity index (χ3v) is 3.71. The molecule has 0 saturated carbocycles. The van der Waals surface area contributed by atoms with E-state index in [9.17, 15) is 8.42 Å². The van der Waals surface area contributed by atoms with Crippen LogP contribution in [0.1, 0.15) is 27.2 Å². The van der Waals surface area contributed by atoms with Crippen LogP contribution >= 0.6 is 0 Å². The Morgan fingerprint density at radius 2 is 2.00 bits per heavy atom. The summed E-state index contributed by atoms with van der Waals surface area (Å²) < 4.78 is 28.3. The summed E-state index contributed by atoms with van der Waals surface area (Å²) >= 11 is 0. The lowest BCUT2D eigenvalue weighted by Crippen LogP contribution is -2.52. The molecule has 2 atom stereocenters. The summed E-state index contributed by atoms with van der Waals surface area (Å²) in [6.45, 7) is 7.41. The van der Waals surface area contributed by atoms with Gasteiger partial charge < -0.3 is 5.32 Å². The van der Waals surface area contributed by atoms with E-state index < -0.39 is 10.2 Å². The summed E-state index contributed by atoms with van der Waals surface area (Å²) in [5.41, 5.74) is 0. The molecule has 0 spiro atoms. The lowest BCUT2D eigenvalue weighted by molar-refractivity contribution is 0.345. The lowest BCUT2D eigenvalue weighted by Gasteiger charge is -2.28. The molecule has 0 aliphatic carbocycles. The number of nitrogens with one attached hydrogen (secondary N) is 3. The molecule has 1 heterocycles. The van der Waals surface area contributed by atoms with Crippen molar-refractivity contribution in [1.82, 2.24) is 14.8 Å². The van der Waals surface area contributed by atoms with Crippen LogP contribution in [0.3, 0.4) is 0 Å². The van der Waals surface area contributed by atoms with Crippen molar-refractivity contribution in [2.75, 3.05) is 13.1 Å². The fourth-order valence-electron chi connectivity index (χ4n) is 1.81. The number of piperidine rings is 1. The van der Waals surface area contributed by atoms with Crippen LogP contribution in [-0.2, 0) is 10.2 Å². The zero-order valence-corrected chi connectivity index (χ0v) is 10.4. The minimum absolute atomic E-state index is 0.00463. The Morgan fingerprint density at radius 3 is 2.53 bits per heavy atom. The van der Waals surface area contributed by atoms with E-state index in [-0.39, 0.29) is 12.1 Å². The van der Waals surface area contributed by atoms with Crippen molar-refractivity contribution in [2.24, 2.45) is 5.92 Å². The molecular weight excluding hydrogens is 214 g/mol. The highest BCUT2D eigenvalue weighted by molar-refractivity contribution is 7.87. The van der Waals surface area contributed by atoms with E-state index in [0.717, 1.165) is 13.0 Å². The molecule has 3 N–H and O–H groups in total. The summed E-state index contributed by atoms with van der Waals surface area (Å²) in [5, 5.41) is 3.21. The fraction of sp³-hybridized carbons (Fsp3) is 1.00. The molecule has 6 heteroatoms. The Bertz CT molecular complexity index is 290. The van der Waals surface area contributed by atoms with Gasteiger partial charge in [0, 0.05) is 18.6 Å². The van der Waals surface area contributed by atoms with E-state index >= 15 is 0 Å². The molecule has 1 rings (SSSR count). The Morgan fingerprint density at radius 1 is 1.33 bits per heavy atom. The van der Waals surface area contributed by atoms with Gasteiger partial charge in [-0.2, -0.15) is 17.9 Å². The Labute approximate surface area is 92.2 Å². The van der Waals surface area contributed by atoms with Gasteiger partial charge in [0.05, 0.1) is 0 Å². The summed E-state index contributed by atoms with van der Waals surface area (Å²) in [5.74, 6) is 0.519. The predicted molar refractivity (Wildman–Crippen MR) is 60.8 cm³/mol. The third kappa shape index (κ3) is 4.92. The van der Waals surface area contributed by atoms with Crippen molar-refractivity contribution in [3.05, 3.63) is 0 Å². The zero-order chi connectivity index (χ0) is 11.5. The predicted octanol–water partition coefficient (Wildman–Crippen LogP) is -0.183. The van der Waals surface area contributed by atoms with E-state index in [1.807, 2.05) is 0 Å². The first-order chi connectivity index (χ1) is 6.89. The highest BCUT2D eigenvalue weighted by atomic mass is 32.2. The van der Waals surface area contributed by atoms with Gasteiger partial charge in [-0.15, -0.1) is 0 Å². The van der Waals surface area contributed by atoms with Crippen LogP contribution in [0.25, 0.3) is 0 Å². The summed E-state index contributed by atoms with van der Waals surface area (Å²) in [4.78, 5) is 0. The third-order valence-electron chi connectivity index (χ3n) is 2.28. The van der Waals surface area contributed by atoms with Gasteiger partial charge in [-0.3, -0.25) is 0 Å². The number of hydrogen-bond acceptors (Lipinski definition) is 3. The normalized spacial score (nSPS) is 28.3. The SMILES string of the molecule is CC1CNCC(NS(=O)(=O)NC(C)C)C1. The molecule has 15 heavy (non-hydrogen) atoms. The maximum atomic E-state index is 11.6. The van der Waals surface area contributed by atoms with Gasteiger partial charge in [-0.25, -0.2) is 0 Å². The van der Waals surface area contributed by atoms with E-state index in [4.69, 9.17) is 0 Å². The minimum atomic E-state index is -3.34. The van der Waals surface area contributed by atoms with Crippen LogP contribution in [0, 0.1) is 5.92 Å². The van der Waals surface area contributed by atoms with Crippen LogP contribution < -0.4 is 14.8 Å². The molecule has 1 fully saturated rings. The molecule has 0 aromatic carbocycles. The molecule has 1 saturated heterocycles. The second-order valence-electron chi connectivity index (χ2n) is 4.59. The van der Waals surface area contributed by atoms with Gasteiger partial charge in [0.2, 0.25) is 0 Å². The Kier molecular flexibility index (Phi) is 4.51. The molecule has 0 amide bonds. The van der Waals surface area contributed by atoms with Crippen molar-refractivity contribution in [2.45, 2.75) is 39.3 Å². The summed E-state index contributed by atoms with van der Waals surface area (Å²) in [7, 11) is -3.34. The molecule has 0 radical (unpaired) electrons. The van der Waals surface area contributed by atoms with Gasteiger partial charge in [0.25, 0.3) is 10.2 Å². The fourth-order valence-corrected chi connectivity index (χ4v) is 3.12. The zero-order valence-electron chi connectivity index (χ0n) is 9.58. The quantitative estimate of drug-likeness (QED) is 0.633. The Hall–Kier alpha value is -0.170. The average Bonchev–Trinajstić information content (AvgIpc) is 1.99. The van der Waals surface area contributed by atoms with Gasteiger partial charge in [0.15, 0.2) is 0 Å². The Balaban J connectivity index is 2.46. The molecular formula is C9H21N3O2S. The second kappa shape index (κ2) is 5.25. The molecule has 0 bridgehead atoms. The molecule has 5 nitrogen and oxygen atoms in total. The van der Waals surface area contributed by atoms with Crippen LogP contribution in [0.2, 0.25) is 0 Å². The number of hydrogen-bond donors (Lipinski definition) is 3. The smallest absolute Gasteiger partial charge is 0.277 e. The van der Waals surface area contributed by atoms with Crippen molar-refractivity contribution in [3.63, 3.8) is 0 Å². The topological polar surface area (TPSA) is 70.2 Å². The standard InChI is InChI=1S/C9H21N3O2S/c1-7(2)11-15(13,14)12-9-4-8(3)5-10-6-9/h7-12H,4-6H2,1-3H3. The van der Waals surface area contributed by atoms with Crippen molar-refractivity contribution in [1.29, 1.82) is 0 Å². The molecule has 1 aliphatic rings. The second-order valence-corrected chi connectivity index (χ2v) is 6.07. The van der Waals surface area contributed by atoms with Gasteiger partial charge >= 0.3 is 0 Å². The first-order valence-electron chi connectivity index (χ1n) is 5.39. The maximum Gasteiger partial charge on any atom is 0.277 e. The molecule has 1 aliphatic heterocycles. The van der Waals surface area contributed by atoms with Crippen LogP contribution in [0.5, 0.6) is 0 Å². The highest BCUT2D eigenvalue weighted by Crippen LogP contribution is 2.09. The van der Waals surface area contributed by atoms with Crippen LogP contribution in [0.4, 0.5) is 0 Å². The van der Waals surface area contributed by atoms with E-state index in [0.29, 0.717) is 12.5 Å². The van der Waals surface area contributed by atoms with Crippen molar-refractivity contribution >= 4 is 10.2 Å². The first-order valence-corrected chi connectivity index (χ1v) is 6.87. The van der Waals surface area contributed by atoms with Crippen molar-refractivity contribution < 1.29 is 8.42 Å². The minimum Gasteiger partial charge on any atom is -0.315 e. The van der Waals surface area contributed by atoms with Crippen LogP contribution in [-0.4, -0.2) is 33.6 Å². The number of rotatable bonds is 4. The maximum absolute atomic E-state index is 11.6. The first kappa shape index (κ1) is 12.9. The molecule has 0 aromatic heterocycles. The highest BCUT2D eigenvalue weighted by Gasteiger charge is 2.23. The lowest BCUT2D eigenvalue weighted by atomic mass is 9.99. The van der Waals surface area contributed by atoms with Gasteiger partial charge in [0.1, 0.15) is 0 Å². The molecule has 90 valence electrons. The van der Waals surface area contributed by atoms with Crippen molar-refractivity contribution in [3.8, 4) is 0 Å². The van der Waals surface area contributed by atoms with E-state index in [2.05, 4.69) is 21.7 Å². The molecule has 2 unspecified atom stereocenters. The molecule has 0 aromatic rings. The van der Waals surface area contributed by atoms with E-state index in [1.165, 1.54) is 0 Å². The largest absolute Gasteiger partial charge is 0.315 e. The monoisotopic (exact) mass is 235 g/mol. The average molecular weight is 235 g/mol. The summed E-state index contributed by atoms with van der Waals surface area (Å²) in [6.07, 6.45) is 0.895. The van der Waals surface area contributed by atoms with E-state index in [1.54, 1.807) is 13.8 Å². The van der Waals surface area contributed by atoms with Gasteiger partial charge in [-0.05, 0) is 32.7 Å².